The molecule has 0 spiro atoms. The van der Waals surface area contributed by atoms with Crippen molar-refractivity contribution in [2.45, 2.75) is 0 Å². The van der Waals surface area contributed by atoms with E-state index in [0.717, 1.165) is 16.5 Å². The minimum atomic E-state index is -0.207. The van der Waals surface area contributed by atoms with Crippen LogP contribution in [0.3, 0.4) is 0 Å². The van der Waals surface area contributed by atoms with E-state index >= 15 is 0 Å². The van der Waals surface area contributed by atoms with Crippen molar-refractivity contribution >= 4 is 39.9 Å². The van der Waals surface area contributed by atoms with Gasteiger partial charge in [-0.3, -0.25) is 9.78 Å². The van der Waals surface area contributed by atoms with Crippen LogP contribution in [0.5, 0.6) is 0 Å². The van der Waals surface area contributed by atoms with Crippen molar-refractivity contribution in [2.24, 2.45) is 0 Å². The number of halogens is 1. The molecule has 0 fully saturated rings. The molecule has 0 bridgehead atoms. The number of nitrogens with one attached hydrogen (secondary N) is 2. The van der Waals surface area contributed by atoms with E-state index in [1.807, 2.05) is 36.4 Å². The zero-order valence-corrected chi connectivity index (χ0v) is 16.7. The molecule has 0 aliphatic carbocycles. The van der Waals surface area contributed by atoms with Crippen LogP contribution >= 0.6 is 11.6 Å². The molecule has 0 saturated carbocycles. The first-order chi connectivity index (χ1) is 14.7. The summed E-state index contributed by atoms with van der Waals surface area (Å²) in [5.74, 6) is 0.862. The van der Waals surface area contributed by atoms with E-state index in [1.165, 1.54) is 0 Å². The van der Waals surface area contributed by atoms with Crippen LogP contribution in [0.2, 0.25) is 5.02 Å². The lowest BCUT2D eigenvalue weighted by Crippen LogP contribution is -2.24. The Morgan fingerprint density at radius 1 is 1.10 bits per heavy atom. The Balaban J connectivity index is 1.82. The second-order valence-electron chi connectivity index (χ2n) is 6.47. The van der Waals surface area contributed by atoms with E-state index in [9.17, 15) is 4.79 Å². The number of anilines is 2. The van der Waals surface area contributed by atoms with Crippen LogP contribution < -0.4 is 10.6 Å². The molecular weight excluding hydrogens is 398 g/mol. The minimum absolute atomic E-state index is 0.207. The number of rotatable bonds is 6. The highest BCUT2D eigenvalue weighted by molar-refractivity contribution is 6.31. The number of hydrogen-bond donors (Lipinski definition) is 2. The van der Waals surface area contributed by atoms with E-state index in [1.54, 1.807) is 36.7 Å². The van der Waals surface area contributed by atoms with Crippen molar-refractivity contribution in [1.29, 1.82) is 0 Å². The van der Waals surface area contributed by atoms with Gasteiger partial charge in [0.15, 0.2) is 5.82 Å². The van der Waals surface area contributed by atoms with E-state index in [4.69, 9.17) is 16.6 Å². The van der Waals surface area contributed by atoms with Crippen molar-refractivity contribution in [1.82, 2.24) is 20.3 Å². The Morgan fingerprint density at radius 3 is 2.77 bits per heavy atom. The molecule has 0 aliphatic rings. The standard InChI is InChI=1S/C23H18ClN5O/c1-2-11-26-23(30)17-7-3-4-8-19(17)28-22-18-13-16(24)9-10-20(18)27-21(29-22)15-6-5-12-25-14-15/h2-10,12-14H,1,11H2,(H,26,30)(H,27,28,29). The van der Waals surface area contributed by atoms with Gasteiger partial charge in [-0.25, -0.2) is 9.97 Å². The maximum atomic E-state index is 12.6. The van der Waals surface area contributed by atoms with Crippen molar-refractivity contribution in [3.8, 4) is 11.4 Å². The molecule has 2 heterocycles. The van der Waals surface area contributed by atoms with Crippen molar-refractivity contribution < 1.29 is 4.79 Å². The van der Waals surface area contributed by atoms with Crippen LogP contribution in [0.25, 0.3) is 22.3 Å². The summed E-state index contributed by atoms with van der Waals surface area (Å²) in [5.41, 5.74) is 2.63. The molecule has 0 aliphatic heterocycles. The molecule has 0 unspecified atom stereocenters. The predicted molar refractivity (Wildman–Crippen MR) is 120 cm³/mol. The van der Waals surface area contributed by atoms with Gasteiger partial charge < -0.3 is 10.6 Å². The SMILES string of the molecule is C=CCNC(=O)c1ccccc1Nc1nc(-c2cccnc2)nc2ccc(Cl)cc12. The van der Waals surface area contributed by atoms with Gasteiger partial charge in [0.1, 0.15) is 5.82 Å². The zero-order valence-electron chi connectivity index (χ0n) is 16.0. The Hall–Kier alpha value is -3.77. The number of carbonyl (C=O) groups excluding carboxylic acids is 1. The smallest absolute Gasteiger partial charge is 0.253 e. The zero-order chi connectivity index (χ0) is 20.9. The molecule has 148 valence electrons. The van der Waals surface area contributed by atoms with Gasteiger partial charge >= 0.3 is 0 Å². The molecular formula is C23H18ClN5O. The fourth-order valence-electron chi connectivity index (χ4n) is 3.00. The summed E-state index contributed by atoms with van der Waals surface area (Å²) in [5, 5.41) is 7.41. The summed E-state index contributed by atoms with van der Waals surface area (Å²) >= 11 is 6.22. The molecule has 2 aromatic carbocycles. The Morgan fingerprint density at radius 2 is 1.97 bits per heavy atom. The largest absolute Gasteiger partial charge is 0.349 e. The van der Waals surface area contributed by atoms with E-state index in [2.05, 4.69) is 27.2 Å². The molecule has 1 amide bonds. The first kappa shape index (κ1) is 19.5. The van der Waals surface area contributed by atoms with Crippen LogP contribution in [0.1, 0.15) is 10.4 Å². The van der Waals surface area contributed by atoms with Gasteiger partial charge in [0.25, 0.3) is 5.91 Å². The second-order valence-corrected chi connectivity index (χ2v) is 6.90. The lowest BCUT2D eigenvalue weighted by molar-refractivity contribution is 0.0959. The number of carbonyl (C=O) groups is 1. The summed E-state index contributed by atoms with van der Waals surface area (Å²) in [4.78, 5) is 26.1. The number of nitrogens with zero attached hydrogens (tertiary/aromatic N) is 3. The summed E-state index contributed by atoms with van der Waals surface area (Å²) in [6.07, 6.45) is 5.03. The average molecular weight is 416 g/mol. The van der Waals surface area contributed by atoms with Crippen LogP contribution in [0.15, 0.2) is 79.6 Å². The number of fused-ring (bicyclic) bond motifs is 1. The number of para-hydroxylation sites is 1. The summed E-state index contributed by atoms with van der Waals surface area (Å²) in [6, 6.07) is 16.4. The van der Waals surface area contributed by atoms with Crippen LogP contribution in [0.4, 0.5) is 11.5 Å². The number of aromatic nitrogens is 3. The molecule has 7 heteroatoms. The van der Waals surface area contributed by atoms with E-state index in [0.29, 0.717) is 34.5 Å². The molecule has 0 radical (unpaired) electrons. The monoisotopic (exact) mass is 415 g/mol. The Labute approximate surface area is 178 Å². The summed E-state index contributed by atoms with van der Waals surface area (Å²) < 4.78 is 0. The summed E-state index contributed by atoms with van der Waals surface area (Å²) in [7, 11) is 0. The molecule has 4 rings (SSSR count). The first-order valence-electron chi connectivity index (χ1n) is 9.28. The molecule has 6 nitrogen and oxygen atoms in total. The van der Waals surface area contributed by atoms with Gasteiger partial charge in [0.2, 0.25) is 0 Å². The average Bonchev–Trinajstić information content (AvgIpc) is 2.78. The van der Waals surface area contributed by atoms with Crippen LogP contribution in [0, 0.1) is 0 Å². The van der Waals surface area contributed by atoms with Crippen LogP contribution in [-0.4, -0.2) is 27.4 Å². The van der Waals surface area contributed by atoms with Gasteiger partial charge in [0, 0.05) is 34.9 Å². The van der Waals surface area contributed by atoms with Gasteiger partial charge in [-0.15, -0.1) is 6.58 Å². The molecule has 30 heavy (non-hydrogen) atoms. The van der Waals surface area contributed by atoms with Gasteiger partial charge in [-0.05, 0) is 42.5 Å². The fraction of sp³-hybridized carbons (Fsp3) is 0.0435. The Bertz CT molecular complexity index is 1230. The molecule has 2 N–H and O–H groups in total. The third-order valence-electron chi connectivity index (χ3n) is 4.41. The maximum absolute atomic E-state index is 12.6. The number of amides is 1. The van der Waals surface area contributed by atoms with Crippen LogP contribution in [-0.2, 0) is 0 Å². The quantitative estimate of drug-likeness (QED) is 0.433. The van der Waals surface area contributed by atoms with Crippen molar-refractivity contribution in [3.63, 3.8) is 0 Å². The molecule has 0 atom stereocenters. The fourth-order valence-corrected chi connectivity index (χ4v) is 3.17. The second kappa shape index (κ2) is 8.71. The number of pyridine rings is 1. The molecule has 0 saturated heterocycles. The maximum Gasteiger partial charge on any atom is 0.253 e. The lowest BCUT2D eigenvalue weighted by atomic mass is 10.1. The van der Waals surface area contributed by atoms with E-state index in [-0.39, 0.29) is 5.91 Å². The van der Waals surface area contributed by atoms with E-state index < -0.39 is 0 Å². The highest BCUT2D eigenvalue weighted by Gasteiger charge is 2.14. The Kier molecular flexibility index (Phi) is 5.68. The summed E-state index contributed by atoms with van der Waals surface area (Å²) in [6.45, 7) is 4.01. The van der Waals surface area contributed by atoms with Crippen molar-refractivity contribution in [3.05, 3.63) is 90.2 Å². The minimum Gasteiger partial charge on any atom is -0.349 e. The predicted octanol–water partition coefficient (Wildman–Crippen LogP) is 5.00. The van der Waals surface area contributed by atoms with Gasteiger partial charge in [0.05, 0.1) is 16.8 Å². The molecule has 2 aromatic heterocycles. The highest BCUT2D eigenvalue weighted by Crippen LogP contribution is 2.30. The number of benzene rings is 2. The highest BCUT2D eigenvalue weighted by atomic mass is 35.5. The first-order valence-corrected chi connectivity index (χ1v) is 9.66. The third-order valence-corrected chi connectivity index (χ3v) is 4.64. The topological polar surface area (TPSA) is 79.8 Å². The third kappa shape index (κ3) is 4.14. The van der Waals surface area contributed by atoms with Gasteiger partial charge in [-0.1, -0.05) is 29.8 Å². The lowest BCUT2D eigenvalue weighted by Gasteiger charge is -2.14. The normalized spacial score (nSPS) is 10.6. The van der Waals surface area contributed by atoms with Gasteiger partial charge in [-0.2, -0.15) is 0 Å². The number of hydrogen-bond acceptors (Lipinski definition) is 5. The van der Waals surface area contributed by atoms with Crippen molar-refractivity contribution in [2.75, 3.05) is 11.9 Å². The molecule has 4 aromatic rings.